The highest BCUT2D eigenvalue weighted by atomic mass is 127. The lowest BCUT2D eigenvalue weighted by Gasteiger charge is -2.27. The lowest BCUT2D eigenvalue weighted by Crippen LogP contribution is -2.19. The third-order valence-corrected chi connectivity index (χ3v) is 4.05. The Bertz CT molecular complexity index is 736. The molecule has 0 spiro atoms. The van der Waals surface area contributed by atoms with Gasteiger partial charge in [0, 0.05) is 9.13 Å². The molecule has 0 saturated heterocycles. The summed E-state index contributed by atoms with van der Waals surface area (Å²) in [5.41, 5.74) is -0.302. The number of halogens is 4. The number of fused-ring (bicyclic) bond motifs is 1. The molecule has 3 rings (SSSR count). The van der Waals surface area contributed by atoms with Gasteiger partial charge in [-0.15, -0.1) is 0 Å². The second kappa shape index (κ2) is 5.49. The van der Waals surface area contributed by atoms with Crippen molar-refractivity contribution in [3.8, 4) is 11.5 Å². The third kappa shape index (κ3) is 2.92. The summed E-state index contributed by atoms with van der Waals surface area (Å²) in [6, 6.07) is 10.8. The zero-order chi connectivity index (χ0) is 15.9. The molecule has 0 aliphatic carbocycles. The van der Waals surface area contributed by atoms with Gasteiger partial charge in [-0.2, -0.15) is 13.2 Å². The zero-order valence-electron chi connectivity index (χ0n) is 11.1. The fraction of sp³-hybridized carbons (Fsp3) is 0.125. The molecule has 6 heteroatoms. The van der Waals surface area contributed by atoms with Crippen LogP contribution in [0.3, 0.4) is 0 Å². The molecule has 1 aliphatic rings. The van der Waals surface area contributed by atoms with Crippen LogP contribution in [0.15, 0.2) is 48.5 Å². The molecule has 1 aliphatic heterocycles. The van der Waals surface area contributed by atoms with E-state index < -0.39 is 17.9 Å². The number of phenols is 1. The second-order valence-electron chi connectivity index (χ2n) is 4.85. The summed E-state index contributed by atoms with van der Waals surface area (Å²) in [5, 5.41) is 9.43. The number of aromatic hydroxyl groups is 1. The van der Waals surface area contributed by atoms with Crippen LogP contribution >= 0.6 is 22.6 Å². The average molecular weight is 418 g/mol. The van der Waals surface area contributed by atoms with Crippen molar-refractivity contribution in [2.45, 2.75) is 12.3 Å². The van der Waals surface area contributed by atoms with Gasteiger partial charge < -0.3 is 9.84 Å². The number of hydrogen-bond acceptors (Lipinski definition) is 2. The molecule has 0 saturated carbocycles. The average Bonchev–Trinajstić information content (AvgIpc) is 2.46. The Morgan fingerprint density at radius 3 is 2.36 bits per heavy atom. The lowest BCUT2D eigenvalue weighted by molar-refractivity contribution is -0.0701. The van der Waals surface area contributed by atoms with Crippen molar-refractivity contribution in [1.29, 1.82) is 0 Å². The van der Waals surface area contributed by atoms with Crippen LogP contribution in [0.4, 0.5) is 13.2 Å². The van der Waals surface area contributed by atoms with Crippen LogP contribution in [0.25, 0.3) is 5.57 Å². The molecule has 2 aromatic carbocycles. The Hall–Kier alpha value is -1.70. The third-order valence-electron chi connectivity index (χ3n) is 3.33. The van der Waals surface area contributed by atoms with Crippen LogP contribution in [0.2, 0.25) is 0 Å². The highest BCUT2D eigenvalue weighted by Gasteiger charge is 2.39. The van der Waals surface area contributed by atoms with Crippen molar-refractivity contribution in [3.05, 3.63) is 63.2 Å². The predicted octanol–water partition coefficient (Wildman–Crippen LogP) is 5.08. The number of ether oxygens (including phenoxy) is 1. The molecule has 114 valence electrons. The summed E-state index contributed by atoms with van der Waals surface area (Å²) in [6.45, 7) is 0. The number of phenolic OH excluding ortho intramolecular Hbond substituents is 1. The maximum Gasteiger partial charge on any atom is 0.416 e. The predicted molar refractivity (Wildman–Crippen MR) is 84.7 cm³/mol. The quantitative estimate of drug-likeness (QED) is 0.655. The van der Waals surface area contributed by atoms with E-state index in [1.807, 2.05) is 12.1 Å². The molecule has 1 unspecified atom stereocenters. The van der Waals surface area contributed by atoms with Gasteiger partial charge >= 0.3 is 6.18 Å². The number of alkyl halides is 3. The fourth-order valence-electron chi connectivity index (χ4n) is 2.31. The van der Waals surface area contributed by atoms with E-state index >= 15 is 0 Å². The van der Waals surface area contributed by atoms with Gasteiger partial charge in [-0.25, -0.2) is 0 Å². The molecule has 2 nitrogen and oxygen atoms in total. The summed E-state index contributed by atoms with van der Waals surface area (Å²) in [5.74, 6) is -0.124. The van der Waals surface area contributed by atoms with Crippen LogP contribution in [0, 0.1) is 3.57 Å². The van der Waals surface area contributed by atoms with Crippen LogP contribution < -0.4 is 4.74 Å². The van der Waals surface area contributed by atoms with Gasteiger partial charge in [0.1, 0.15) is 17.6 Å². The molecule has 22 heavy (non-hydrogen) atoms. The highest BCUT2D eigenvalue weighted by Crippen LogP contribution is 2.45. The monoisotopic (exact) mass is 418 g/mol. The molecule has 0 radical (unpaired) electrons. The van der Waals surface area contributed by atoms with E-state index in [9.17, 15) is 18.3 Å². The largest absolute Gasteiger partial charge is 0.508 e. The Morgan fingerprint density at radius 1 is 1.05 bits per heavy atom. The van der Waals surface area contributed by atoms with Gasteiger partial charge in [-0.1, -0.05) is 12.1 Å². The summed E-state index contributed by atoms with van der Waals surface area (Å²) >= 11 is 2.12. The first kappa shape index (κ1) is 15.2. The van der Waals surface area contributed by atoms with Gasteiger partial charge in [-0.05, 0) is 64.6 Å². The molecular formula is C16H10F3IO2. The molecule has 0 aromatic heterocycles. The summed E-state index contributed by atoms with van der Waals surface area (Å²) in [6.07, 6.45) is -4.29. The van der Waals surface area contributed by atoms with Crippen molar-refractivity contribution >= 4 is 28.2 Å². The molecule has 1 heterocycles. The number of rotatable bonds is 1. The fourth-order valence-corrected chi connectivity index (χ4v) is 2.67. The zero-order valence-corrected chi connectivity index (χ0v) is 13.2. The Balaban J connectivity index is 2.10. The summed E-state index contributed by atoms with van der Waals surface area (Å²) in [4.78, 5) is 0. The van der Waals surface area contributed by atoms with Crippen LogP contribution in [-0.2, 0) is 0 Å². The lowest BCUT2D eigenvalue weighted by atomic mass is 9.96. The van der Waals surface area contributed by atoms with Crippen LogP contribution in [-0.4, -0.2) is 11.3 Å². The van der Waals surface area contributed by atoms with Crippen LogP contribution in [0.5, 0.6) is 11.5 Å². The van der Waals surface area contributed by atoms with E-state index in [2.05, 4.69) is 22.6 Å². The Kier molecular flexibility index (Phi) is 3.80. The minimum Gasteiger partial charge on any atom is -0.508 e. The molecule has 0 amide bonds. The first-order valence-corrected chi connectivity index (χ1v) is 7.47. The molecule has 2 aromatic rings. The first-order valence-electron chi connectivity index (χ1n) is 6.39. The van der Waals surface area contributed by atoms with E-state index in [0.717, 1.165) is 15.7 Å². The molecule has 1 atom stereocenters. The van der Waals surface area contributed by atoms with E-state index in [4.69, 9.17) is 4.74 Å². The molecule has 1 N–H and O–H groups in total. The van der Waals surface area contributed by atoms with Gasteiger partial charge in [-0.3, -0.25) is 0 Å². The van der Waals surface area contributed by atoms with Crippen LogP contribution in [0.1, 0.15) is 17.2 Å². The van der Waals surface area contributed by atoms with Crippen molar-refractivity contribution in [1.82, 2.24) is 0 Å². The normalized spacial score (nSPS) is 17.5. The standard InChI is InChI=1S/C16H10F3IO2/c17-16(18,19)13-8-15(9-1-3-10(20)4-2-9)22-14-6-5-11(21)7-12(13)14/h1-8,15,21H. The Morgan fingerprint density at radius 2 is 1.73 bits per heavy atom. The molecular weight excluding hydrogens is 408 g/mol. The Labute approximate surface area is 138 Å². The molecule has 0 fully saturated rings. The summed E-state index contributed by atoms with van der Waals surface area (Å²) in [7, 11) is 0. The van der Waals surface area contributed by atoms with E-state index in [-0.39, 0.29) is 17.1 Å². The second-order valence-corrected chi connectivity index (χ2v) is 6.09. The highest BCUT2D eigenvalue weighted by molar-refractivity contribution is 14.1. The van der Waals surface area contributed by atoms with Gasteiger partial charge in [0.25, 0.3) is 0 Å². The maximum absolute atomic E-state index is 13.3. The van der Waals surface area contributed by atoms with E-state index in [0.29, 0.717) is 5.56 Å². The van der Waals surface area contributed by atoms with Gasteiger partial charge in [0.2, 0.25) is 0 Å². The van der Waals surface area contributed by atoms with Gasteiger partial charge in [0.05, 0.1) is 5.57 Å². The number of benzene rings is 2. The van der Waals surface area contributed by atoms with Crippen molar-refractivity contribution in [2.24, 2.45) is 0 Å². The minimum atomic E-state index is -4.52. The summed E-state index contributed by atoms with van der Waals surface area (Å²) < 4.78 is 46.5. The first-order chi connectivity index (χ1) is 10.3. The van der Waals surface area contributed by atoms with E-state index in [1.54, 1.807) is 12.1 Å². The maximum atomic E-state index is 13.3. The number of allylic oxidation sites excluding steroid dienone is 1. The minimum absolute atomic E-state index is 0.108. The van der Waals surface area contributed by atoms with Gasteiger partial charge in [0.15, 0.2) is 0 Å². The van der Waals surface area contributed by atoms with Crippen molar-refractivity contribution < 1.29 is 23.0 Å². The van der Waals surface area contributed by atoms with Crippen molar-refractivity contribution in [2.75, 3.05) is 0 Å². The van der Waals surface area contributed by atoms with E-state index in [1.165, 1.54) is 12.1 Å². The molecule has 0 bridgehead atoms. The number of hydrogen-bond donors (Lipinski definition) is 1. The SMILES string of the molecule is Oc1ccc2c(c1)C(C(F)(F)F)=CC(c1ccc(I)cc1)O2. The van der Waals surface area contributed by atoms with Crippen molar-refractivity contribution in [3.63, 3.8) is 0 Å². The topological polar surface area (TPSA) is 29.5 Å². The smallest absolute Gasteiger partial charge is 0.416 e.